The Kier molecular flexibility index (Phi) is 5.74. The van der Waals surface area contributed by atoms with Gasteiger partial charge in [0, 0.05) is 31.9 Å². The predicted octanol–water partition coefficient (Wildman–Crippen LogP) is 1.33. The van der Waals surface area contributed by atoms with E-state index in [9.17, 15) is 14.9 Å². The number of amides is 1. The van der Waals surface area contributed by atoms with Crippen LogP contribution in [0.5, 0.6) is 0 Å². The van der Waals surface area contributed by atoms with E-state index in [1.54, 1.807) is 7.11 Å². The van der Waals surface area contributed by atoms with Gasteiger partial charge in [-0.05, 0) is 25.0 Å². The molecule has 1 aromatic rings. The number of nitrogens with one attached hydrogen (secondary N) is 1. The second-order valence-corrected chi connectivity index (χ2v) is 3.99. The summed E-state index contributed by atoms with van der Waals surface area (Å²) in [6, 6.07) is 3.93. The van der Waals surface area contributed by atoms with Crippen molar-refractivity contribution >= 4 is 17.3 Å². The molecule has 0 aromatic heterocycles. The Labute approximate surface area is 110 Å². The molecule has 19 heavy (non-hydrogen) atoms. The molecule has 0 aliphatic heterocycles. The lowest BCUT2D eigenvalue weighted by molar-refractivity contribution is -0.383. The number of benzene rings is 1. The lowest BCUT2D eigenvalue weighted by Crippen LogP contribution is -2.24. The van der Waals surface area contributed by atoms with E-state index in [-0.39, 0.29) is 17.3 Å². The number of nitro benzene ring substituents is 1. The van der Waals surface area contributed by atoms with Crippen LogP contribution in [-0.2, 0) is 4.74 Å². The molecule has 1 amide bonds. The zero-order valence-corrected chi connectivity index (χ0v) is 10.7. The maximum absolute atomic E-state index is 11.7. The first-order chi connectivity index (χ1) is 9.06. The topological polar surface area (TPSA) is 107 Å². The van der Waals surface area contributed by atoms with E-state index in [1.807, 2.05) is 0 Å². The number of nitrogens with two attached hydrogens (primary N) is 1. The molecule has 1 rings (SSSR count). The molecule has 0 bridgehead atoms. The Balaban J connectivity index is 2.53. The quantitative estimate of drug-likeness (QED) is 0.335. The van der Waals surface area contributed by atoms with Crippen LogP contribution in [0.4, 0.5) is 11.4 Å². The molecule has 3 N–H and O–H groups in total. The lowest BCUT2D eigenvalue weighted by atomic mass is 10.1. The Bertz CT molecular complexity index is 462. The van der Waals surface area contributed by atoms with Gasteiger partial charge in [0.25, 0.3) is 11.6 Å². The third-order valence-electron chi connectivity index (χ3n) is 2.55. The van der Waals surface area contributed by atoms with Gasteiger partial charge in [-0.15, -0.1) is 0 Å². The van der Waals surface area contributed by atoms with Crippen LogP contribution in [0.25, 0.3) is 0 Å². The number of carbonyl (C=O) groups excluding carboxylic acids is 1. The van der Waals surface area contributed by atoms with Crippen LogP contribution in [0.15, 0.2) is 18.2 Å². The number of nitrogen functional groups attached to an aromatic ring is 1. The number of ether oxygens (including phenoxy) is 1. The molecule has 1 aromatic carbocycles. The summed E-state index contributed by atoms with van der Waals surface area (Å²) >= 11 is 0. The highest BCUT2D eigenvalue weighted by Gasteiger charge is 2.14. The normalized spacial score (nSPS) is 10.2. The van der Waals surface area contributed by atoms with E-state index in [0.29, 0.717) is 18.7 Å². The van der Waals surface area contributed by atoms with Gasteiger partial charge in [0.05, 0.1) is 4.92 Å². The molecule has 7 heteroatoms. The molecule has 0 fully saturated rings. The van der Waals surface area contributed by atoms with Gasteiger partial charge in [-0.1, -0.05) is 0 Å². The second kappa shape index (κ2) is 7.32. The van der Waals surface area contributed by atoms with Gasteiger partial charge in [0.15, 0.2) is 0 Å². The largest absolute Gasteiger partial charge is 0.393 e. The van der Waals surface area contributed by atoms with Gasteiger partial charge in [-0.3, -0.25) is 14.9 Å². The number of methoxy groups -OCH3 is 1. The molecule has 0 unspecified atom stereocenters. The van der Waals surface area contributed by atoms with Gasteiger partial charge in [-0.2, -0.15) is 0 Å². The van der Waals surface area contributed by atoms with Crippen molar-refractivity contribution in [1.29, 1.82) is 0 Å². The fourth-order valence-corrected chi connectivity index (χ4v) is 1.54. The van der Waals surface area contributed by atoms with Crippen LogP contribution in [0.1, 0.15) is 23.2 Å². The van der Waals surface area contributed by atoms with Crippen molar-refractivity contribution in [3.63, 3.8) is 0 Å². The highest BCUT2D eigenvalue weighted by Crippen LogP contribution is 2.21. The third-order valence-corrected chi connectivity index (χ3v) is 2.55. The van der Waals surface area contributed by atoms with Crippen LogP contribution < -0.4 is 11.1 Å². The highest BCUT2D eigenvalue weighted by molar-refractivity contribution is 5.95. The smallest absolute Gasteiger partial charge is 0.292 e. The fraction of sp³-hybridized carbons (Fsp3) is 0.417. The van der Waals surface area contributed by atoms with Crippen molar-refractivity contribution < 1.29 is 14.5 Å². The van der Waals surface area contributed by atoms with Gasteiger partial charge < -0.3 is 15.8 Å². The molecule has 7 nitrogen and oxygen atoms in total. The molecule has 0 saturated heterocycles. The summed E-state index contributed by atoms with van der Waals surface area (Å²) in [7, 11) is 1.62. The van der Waals surface area contributed by atoms with Crippen LogP contribution >= 0.6 is 0 Å². The number of hydrogen-bond acceptors (Lipinski definition) is 5. The number of nitro groups is 1. The van der Waals surface area contributed by atoms with Crippen molar-refractivity contribution in [2.24, 2.45) is 0 Å². The Morgan fingerprint density at radius 1 is 1.47 bits per heavy atom. The zero-order chi connectivity index (χ0) is 14.3. The van der Waals surface area contributed by atoms with Crippen LogP contribution in [0.2, 0.25) is 0 Å². The van der Waals surface area contributed by atoms with Crippen LogP contribution in [0.3, 0.4) is 0 Å². The van der Waals surface area contributed by atoms with Crippen molar-refractivity contribution in [1.82, 2.24) is 5.32 Å². The van der Waals surface area contributed by atoms with E-state index in [4.69, 9.17) is 10.5 Å². The van der Waals surface area contributed by atoms with Crippen LogP contribution in [0, 0.1) is 10.1 Å². The molecule has 0 atom stereocenters. The molecule has 0 aliphatic carbocycles. The number of unbranched alkanes of at least 4 members (excludes halogenated alkanes) is 1. The molecule has 0 radical (unpaired) electrons. The van der Waals surface area contributed by atoms with E-state index < -0.39 is 4.92 Å². The van der Waals surface area contributed by atoms with Gasteiger partial charge in [-0.25, -0.2) is 0 Å². The van der Waals surface area contributed by atoms with Crippen molar-refractivity contribution in [2.75, 3.05) is 26.0 Å². The van der Waals surface area contributed by atoms with E-state index in [1.165, 1.54) is 18.2 Å². The molecule has 0 aliphatic rings. The molecule has 0 heterocycles. The number of carbonyl (C=O) groups is 1. The Morgan fingerprint density at radius 2 is 2.21 bits per heavy atom. The summed E-state index contributed by atoms with van der Waals surface area (Å²) < 4.78 is 4.89. The Morgan fingerprint density at radius 3 is 2.79 bits per heavy atom. The minimum atomic E-state index is -0.582. The van der Waals surface area contributed by atoms with E-state index in [0.717, 1.165) is 12.8 Å². The minimum absolute atomic E-state index is 0.0166. The first kappa shape index (κ1) is 14.9. The summed E-state index contributed by atoms with van der Waals surface area (Å²) in [4.78, 5) is 21.7. The molecule has 0 spiro atoms. The average Bonchev–Trinajstić information content (AvgIpc) is 2.37. The standard InChI is InChI=1S/C12H17N3O4/c1-19-7-3-2-6-14-12(16)9-4-5-11(15(17)18)10(13)8-9/h4-5,8H,2-3,6-7,13H2,1H3,(H,14,16). The van der Waals surface area contributed by atoms with Crippen LogP contribution in [-0.4, -0.2) is 31.1 Å². The number of hydrogen-bond donors (Lipinski definition) is 2. The monoisotopic (exact) mass is 267 g/mol. The minimum Gasteiger partial charge on any atom is -0.393 e. The summed E-state index contributed by atoms with van der Waals surface area (Å²) in [5, 5.41) is 13.3. The summed E-state index contributed by atoms with van der Waals surface area (Å²) in [6.45, 7) is 1.18. The molecular formula is C12H17N3O4. The van der Waals surface area contributed by atoms with E-state index in [2.05, 4.69) is 5.32 Å². The summed E-state index contributed by atoms with van der Waals surface area (Å²) in [5.41, 5.74) is 5.62. The predicted molar refractivity (Wildman–Crippen MR) is 71.0 cm³/mol. The van der Waals surface area contributed by atoms with Crippen molar-refractivity contribution in [2.45, 2.75) is 12.8 Å². The summed E-state index contributed by atoms with van der Waals surface area (Å²) in [5.74, 6) is -0.293. The van der Waals surface area contributed by atoms with E-state index >= 15 is 0 Å². The average molecular weight is 267 g/mol. The number of rotatable bonds is 7. The van der Waals surface area contributed by atoms with Gasteiger partial charge >= 0.3 is 0 Å². The molecule has 0 saturated carbocycles. The van der Waals surface area contributed by atoms with Gasteiger partial charge in [0.2, 0.25) is 0 Å². The van der Waals surface area contributed by atoms with Crippen molar-refractivity contribution in [3.8, 4) is 0 Å². The zero-order valence-electron chi connectivity index (χ0n) is 10.7. The lowest BCUT2D eigenvalue weighted by Gasteiger charge is -2.06. The maximum Gasteiger partial charge on any atom is 0.292 e. The first-order valence-electron chi connectivity index (χ1n) is 5.87. The fourth-order valence-electron chi connectivity index (χ4n) is 1.54. The van der Waals surface area contributed by atoms with Gasteiger partial charge in [0.1, 0.15) is 5.69 Å². The number of anilines is 1. The summed E-state index contributed by atoms with van der Waals surface area (Å²) in [6.07, 6.45) is 1.67. The van der Waals surface area contributed by atoms with Crippen molar-refractivity contribution in [3.05, 3.63) is 33.9 Å². The highest BCUT2D eigenvalue weighted by atomic mass is 16.6. The SMILES string of the molecule is COCCCCNC(=O)c1ccc([N+](=O)[O-])c(N)c1. The molecule has 104 valence electrons. The second-order valence-electron chi connectivity index (χ2n) is 3.99. The molecular weight excluding hydrogens is 250 g/mol. The maximum atomic E-state index is 11.7. The Hall–Kier alpha value is -2.15. The third kappa shape index (κ3) is 4.55. The first-order valence-corrected chi connectivity index (χ1v) is 5.87. The number of nitrogens with zero attached hydrogens (tertiary/aromatic N) is 1.